The molecule has 0 fully saturated rings. The third-order valence-corrected chi connectivity index (χ3v) is 4.24. The van der Waals surface area contributed by atoms with E-state index in [1.807, 2.05) is 18.3 Å². The number of nitrogens with one attached hydrogen (secondary N) is 1. The van der Waals surface area contributed by atoms with Gasteiger partial charge in [0.1, 0.15) is 0 Å². The van der Waals surface area contributed by atoms with Gasteiger partial charge < -0.3 is 10.1 Å². The quantitative estimate of drug-likeness (QED) is 0.649. The molecule has 0 aliphatic carbocycles. The van der Waals surface area contributed by atoms with Crippen molar-refractivity contribution in [1.82, 2.24) is 20.0 Å². The third-order valence-electron chi connectivity index (χ3n) is 4.24. The molecule has 0 spiro atoms. The molecule has 6 heteroatoms. The molecule has 0 aliphatic heterocycles. The standard InChI is InChI=1S/C19H22N4O2/c1-14-7-9-17(10-8-14)23-13-16(21-22-23)6-4-2-3-5-15-11-12-20-19(25)18(15)24/h7-13,24H,2-6H2,1H3,(H,20,25). The highest BCUT2D eigenvalue weighted by Crippen LogP contribution is 2.15. The Morgan fingerprint density at radius 3 is 2.64 bits per heavy atom. The van der Waals surface area contributed by atoms with Gasteiger partial charge in [-0.1, -0.05) is 29.3 Å². The van der Waals surface area contributed by atoms with Crippen LogP contribution in [0.25, 0.3) is 5.69 Å². The second-order valence-corrected chi connectivity index (χ2v) is 6.23. The maximum Gasteiger partial charge on any atom is 0.290 e. The number of benzene rings is 1. The summed E-state index contributed by atoms with van der Waals surface area (Å²) >= 11 is 0. The number of rotatable bonds is 7. The van der Waals surface area contributed by atoms with E-state index >= 15 is 0 Å². The first-order chi connectivity index (χ1) is 12.1. The topological polar surface area (TPSA) is 83.8 Å². The van der Waals surface area contributed by atoms with Gasteiger partial charge >= 0.3 is 0 Å². The van der Waals surface area contributed by atoms with Gasteiger partial charge in [0.05, 0.1) is 17.6 Å². The van der Waals surface area contributed by atoms with Crippen LogP contribution in [0.3, 0.4) is 0 Å². The number of nitrogens with zero attached hydrogens (tertiary/aromatic N) is 3. The molecule has 2 aromatic heterocycles. The first-order valence-corrected chi connectivity index (χ1v) is 8.51. The molecule has 0 saturated heterocycles. The number of hydrogen-bond acceptors (Lipinski definition) is 4. The van der Waals surface area contributed by atoms with Gasteiger partial charge in [-0.25, -0.2) is 4.68 Å². The van der Waals surface area contributed by atoms with Gasteiger partial charge in [-0.15, -0.1) is 5.10 Å². The lowest BCUT2D eigenvalue weighted by Crippen LogP contribution is -2.06. The highest BCUT2D eigenvalue weighted by molar-refractivity contribution is 5.33. The Balaban J connectivity index is 1.46. The van der Waals surface area contributed by atoms with Crippen LogP contribution in [0, 0.1) is 6.92 Å². The van der Waals surface area contributed by atoms with Gasteiger partial charge in [-0.3, -0.25) is 4.79 Å². The van der Waals surface area contributed by atoms with Crippen molar-refractivity contribution in [2.24, 2.45) is 0 Å². The van der Waals surface area contributed by atoms with E-state index in [-0.39, 0.29) is 5.75 Å². The Labute approximate surface area is 146 Å². The Hall–Kier alpha value is -2.89. The van der Waals surface area contributed by atoms with E-state index in [4.69, 9.17) is 0 Å². The van der Waals surface area contributed by atoms with Gasteiger partial charge in [0.15, 0.2) is 5.75 Å². The summed E-state index contributed by atoms with van der Waals surface area (Å²) in [5, 5.41) is 18.1. The molecule has 0 radical (unpaired) electrons. The molecule has 6 nitrogen and oxygen atoms in total. The highest BCUT2D eigenvalue weighted by Gasteiger charge is 2.05. The zero-order chi connectivity index (χ0) is 17.6. The normalized spacial score (nSPS) is 10.9. The third kappa shape index (κ3) is 4.35. The Bertz CT molecular complexity index is 881. The average molecular weight is 338 g/mol. The summed E-state index contributed by atoms with van der Waals surface area (Å²) in [6, 6.07) is 9.93. The van der Waals surface area contributed by atoms with Crippen molar-refractivity contribution in [3.05, 3.63) is 69.9 Å². The monoisotopic (exact) mass is 338 g/mol. The molecule has 0 amide bonds. The van der Waals surface area contributed by atoms with E-state index < -0.39 is 5.56 Å². The molecule has 3 aromatic rings. The number of unbranched alkanes of at least 4 members (excludes halogenated alkanes) is 2. The molecular weight excluding hydrogens is 316 g/mol. The van der Waals surface area contributed by atoms with Crippen LogP contribution in [0.1, 0.15) is 36.1 Å². The van der Waals surface area contributed by atoms with Crippen LogP contribution in [0.2, 0.25) is 0 Å². The van der Waals surface area contributed by atoms with Crippen molar-refractivity contribution in [2.45, 2.75) is 39.0 Å². The zero-order valence-corrected chi connectivity index (χ0v) is 14.3. The lowest BCUT2D eigenvalue weighted by molar-refractivity contribution is 0.457. The second-order valence-electron chi connectivity index (χ2n) is 6.23. The summed E-state index contributed by atoms with van der Waals surface area (Å²) < 4.78 is 1.79. The summed E-state index contributed by atoms with van der Waals surface area (Å²) in [6.07, 6.45) is 8.02. The van der Waals surface area contributed by atoms with Crippen LogP contribution in [0.4, 0.5) is 0 Å². The van der Waals surface area contributed by atoms with Gasteiger partial charge in [0, 0.05) is 11.8 Å². The highest BCUT2D eigenvalue weighted by atomic mass is 16.3. The molecule has 0 saturated carbocycles. The lowest BCUT2D eigenvalue weighted by Gasteiger charge is -2.03. The van der Waals surface area contributed by atoms with Crippen LogP contribution in [0.5, 0.6) is 5.75 Å². The fourth-order valence-corrected chi connectivity index (χ4v) is 2.75. The molecule has 2 N–H and O–H groups in total. The van der Waals surface area contributed by atoms with E-state index in [9.17, 15) is 9.90 Å². The van der Waals surface area contributed by atoms with Crippen molar-refractivity contribution in [3.63, 3.8) is 0 Å². The maximum atomic E-state index is 11.3. The summed E-state index contributed by atoms with van der Waals surface area (Å²) in [7, 11) is 0. The zero-order valence-electron chi connectivity index (χ0n) is 14.3. The number of hydrogen-bond donors (Lipinski definition) is 2. The first kappa shape index (κ1) is 17.0. The van der Waals surface area contributed by atoms with Crippen molar-refractivity contribution in [3.8, 4) is 11.4 Å². The molecule has 1 aromatic carbocycles. The largest absolute Gasteiger partial charge is 0.503 e. The number of aromatic hydroxyl groups is 1. The van der Waals surface area contributed by atoms with Crippen LogP contribution in [-0.2, 0) is 12.8 Å². The predicted octanol–water partition coefficient (Wildman–Crippen LogP) is 2.93. The smallest absolute Gasteiger partial charge is 0.290 e. The lowest BCUT2D eigenvalue weighted by atomic mass is 10.1. The van der Waals surface area contributed by atoms with E-state index in [2.05, 4.69) is 34.4 Å². The minimum Gasteiger partial charge on any atom is -0.503 e. The molecule has 25 heavy (non-hydrogen) atoms. The summed E-state index contributed by atoms with van der Waals surface area (Å²) in [6.45, 7) is 2.06. The minimum absolute atomic E-state index is 0.163. The van der Waals surface area contributed by atoms with Crippen molar-refractivity contribution in [2.75, 3.05) is 0 Å². The van der Waals surface area contributed by atoms with E-state index in [1.54, 1.807) is 16.9 Å². The molecular formula is C19H22N4O2. The fraction of sp³-hybridized carbons (Fsp3) is 0.316. The average Bonchev–Trinajstić information content (AvgIpc) is 3.08. The molecule has 0 atom stereocenters. The van der Waals surface area contributed by atoms with E-state index in [1.165, 1.54) is 5.56 Å². The Morgan fingerprint density at radius 1 is 1.08 bits per heavy atom. The van der Waals surface area contributed by atoms with E-state index in [0.29, 0.717) is 12.0 Å². The molecule has 0 bridgehead atoms. The molecule has 2 heterocycles. The van der Waals surface area contributed by atoms with Crippen LogP contribution in [0.15, 0.2) is 47.5 Å². The van der Waals surface area contributed by atoms with Gasteiger partial charge in [-0.05, 0) is 50.8 Å². The fourth-order valence-electron chi connectivity index (χ4n) is 2.75. The Kier molecular flexibility index (Phi) is 5.28. The number of aromatic nitrogens is 4. The van der Waals surface area contributed by atoms with Crippen LogP contribution in [-0.4, -0.2) is 25.1 Å². The van der Waals surface area contributed by atoms with Crippen LogP contribution >= 0.6 is 0 Å². The van der Waals surface area contributed by atoms with Gasteiger partial charge in [0.25, 0.3) is 5.56 Å². The van der Waals surface area contributed by atoms with Crippen molar-refractivity contribution < 1.29 is 5.11 Å². The van der Waals surface area contributed by atoms with E-state index in [0.717, 1.165) is 37.1 Å². The molecule has 0 unspecified atom stereocenters. The SMILES string of the molecule is Cc1ccc(-n2cc(CCCCCc3cc[nH]c(=O)c3O)nn2)cc1. The Morgan fingerprint density at radius 2 is 1.84 bits per heavy atom. The number of aromatic amines is 1. The summed E-state index contributed by atoms with van der Waals surface area (Å²) in [5.74, 6) is -0.163. The van der Waals surface area contributed by atoms with Crippen molar-refractivity contribution in [1.29, 1.82) is 0 Å². The predicted molar refractivity (Wildman–Crippen MR) is 96.1 cm³/mol. The van der Waals surface area contributed by atoms with Gasteiger partial charge in [-0.2, -0.15) is 0 Å². The van der Waals surface area contributed by atoms with Gasteiger partial charge in [0.2, 0.25) is 0 Å². The summed E-state index contributed by atoms with van der Waals surface area (Å²) in [5.41, 5.74) is 3.48. The molecule has 0 aliphatic rings. The number of aryl methyl sites for hydroxylation is 3. The first-order valence-electron chi connectivity index (χ1n) is 8.51. The molecule has 130 valence electrons. The minimum atomic E-state index is -0.426. The van der Waals surface area contributed by atoms with Crippen molar-refractivity contribution >= 4 is 0 Å². The number of pyridine rings is 1. The van der Waals surface area contributed by atoms with Crippen LogP contribution < -0.4 is 5.56 Å². The number of H-pyrrole nitrogens is 1. The second kappa shape index (κ2) is 7.79. The maximum absolute atomic E-state index is 11.3. The molecule has 3 rings (SSSR count). The summed E-state index contributed by atoms with van der Waals surface area (Å²) in [4.78, 5) is 13.8.